The number of carbonyl (C=O) groups excluding carboxylic acids is 1. The van der Waals surface area contributed by atoms with Gasteiger partial charge in [0.1, 0.15) is 11.8 Å². The van der Waals surface area contributed by atoms with Crippen molar-refractivity contribution in [2.45, 2.75) is 70.3 Å². The lowest BCUT2D eigenvalue weighted by molar-refractivity contribution is -0.136. The van der Waals surface area contributed by atoms with Crippen LogP contribution in [-0.4, -0.2) is 32.4 Å². The van der Waals surface area contributed by atoms with Gasteiger partial charge in [-0.15, -0.1) is 0 Å². The summed E-state index contributed by atoms with van der Waals surface area (Å²) in [5.74, 6) is 0.773. The number of hydrogen-bond acceptors (Lipinski definition) is 4. The summed E-state index contributed by atoms with van der Waals surface area (Å²) in [5.41, 5.74) is 2.92. The molecule has 0 radical (unpaired) electrons. The maximum Gasteiger partial charge on any atom is 0.258 e. The molecule has 1 aliphatic heterocycles. The number of aromatic nitrogens is 1. The van der Waals surface area contributed by atoms with Crippen molar-refractivity contribution in [1.82, 2.24) is 4.98 Å². The summed E-state index contributed by atoms with van der Waals surface area (Å²) in [6, 6.07) is 13.2. The molecular weight excluding hydrogens is 392 g/mol. The summed E-state index contributed by atoms with van der Waals surface area (Å²) in [6.45, 7) is 13.5. The van der Waals surface area contributed by atoms with Crippen molar-refractivity contribution >= 4 is 19.9 Å². The highest BCUT2D eigenvalue weighted by molar-refractivity contribution is 6.77. The third-order valence-electron chi connectivity index (χ3n) is 6.43. The summed E-state index contributed by atoms with van der Waals surface area (Å²) >= 11 is 0. The highest BCUT2D eigenvalue weighted by atomic mass is 28.4. The highest BCUT2D eigenvalue weighted by Gasteiger charge is 2.56. The summed E-state index contributed by atoms with van der Waals surface area (Å²) in [4.78, 5) is 19.8. The third-order valence-corrected chi connectivity index (χ3v) is 12.5. The fourth-order valence-corrected chi connectivity index (χ4v) is 10.6. The van der Waals surface area contributed by atoms with Crippen molar-refractivity contribution < 1.29 is 14.0 Å². The Morgan fingerprint density at radius 2 is 1.53 bits per heavy atom. The molecule has 6 heteroatoms. The van der Waals surface area contributed by atoms with Gasteiger partial charge in [-0.2, -0.15) is 0 Å². The number of rotatable bonds is 8. The van der Waals surface area contributed by atoms with Gasteiger partial charge in [0, 0.05) is 11.9 Å². The first-order chi connectivity index (χ1) is 14.2. The molecular formula is C24H34N2O3Si. The van der Waals surface area contributed by atoms with Crippen LogP contribution in [-0.2, 0) is 9.22 Å². The molecule has 0 spiro atoms. The van der Waals surface area contributed by atoms with E-state index in [9.17, 15) is 4.79 Å². The lowest BCUT2D eigenvalue weighted by Crippen LogP contribution is -2.65. The minimum absolute atomic E-state index is 0.00893. The Kier molecular flexibility index (Phi) is 6.67. The Morgan fingerprint density at radius 1 is 0.933 bits per heavy atom. The topological polar surface area (TPSA) is 51.7 Å². The van der Waals surface area contributed by atoms with Crippen LogP contribution in [0.2, 0.25) is 16.6 Å². The predicted octanol–water partition coefficient (Wildman–Crippen LogP) is 5.74. The average Bonchev–Trinajstić information content (AvgIpc) is 2.72. The average molecular weight is 427 g/mol. The second-order valence-corrected chi connectivity index (χ2v) is 14.4. The van der Waals surface area contributed by atoms with Crippen molar-refractivity contribution in [2.24, 2.45) is 0 Å². The molecule has 1 amide bonds. The van der Waals surface area contributed by atoms with E-state index in [1.165, 1.54) is 0 Å². The standard InChI is InChI=1S/C24H34N2O3Si/c1-16(2)30(17(3)4,18(5)6)29-23-22(21-10-8-9-15-25-21)26(24(23)27)19-11-13-20(28-7)14-12-19/h8-18,22-23H,1-7H3. The van der Waals surface area contributed by atoms with Gasteiger partial charge in [-0.1, -0.05) is 47.6 Å². The number of hydrogen-bond donors (Lipinski definition) is 0. The van der Waals surface area contributed by atoms with Gasteiger partial charge in [-0.25, -0.2) is 0 Å². The summed E-state index contributed by atoms with van der Waals surface area (Å²) in [5, 5.41) is 0. The molecule has 0 N–H and O–H groups in total. The fourth-order valence-electron chi connectivity index (χ4n) is 5.07. The van der Waals surface area contributed by atoms with Crippen molar-refractivity contribution in [1.29, 1.82) is 0 Å². The van der Waals surface area contributed by atoms with Gasteiger partial charge < -0.3 is 9.16 Å². The van der Waals surface area contributed by atoms with Gasteiger partial charge >= 0.3 is 0 Å². The maximum atomic E-state index is 13.4. The van der Waals surface area contributed by atoms with E-state index in [4.69, 9.17) is 9.16 Å². The summed E-state index contributed by atoms with van der Waals surface area (Å²) in [7, 11) is -0.580. The third kappa shape index (κ3) is 3.78. The monoisotopic (exact) mass is 426 g/mol. The van der Waals surface area contributed by atoms with E-state index >= 15 is 0 Å². The van der Waals surface area contributed by atoms with Crippen LogP contribution in [0.25, 0.3) is 0 Å². The Bertz CT molecular complexity index is 831. The number of β-lactam (4-membered cyclic amide) rings is 1. The Morgan fingerprint density at radius 3 is 2.00 bits per heavy atom. The van der Waals surface area contributed by atoms with Gasteiger partial charge in [-0.05, 0) is 53.0 Å². The van der Waals surface area contributed by atoms with Crippen molar-refractivity contribution in [2.75, 3.05) is 12.0 Å². The molecule has 162 valence electrons. The number of anilines is 1. The van der Waals surface area contributed by atoms with Gasteiger partial charge in [0.25, 0.3) is 5.91 Å². The number of pyridine rings is 1. The molecule has 30 heavy (non-hydrogen) atoms. The maximum absolute atomic E-state index is 13.4. The predicted molar refractivity (Wildman–Crippen MR) is 123 cm³/mol. The van der Waals surface area contributed by atoms with Gasteiger partial charge in [0.05, 0.1) is 12.8 Å². The number of nitrogens with zero attached hydrogens (tertiary/aromatic N) is 2. The zero-order valence-electron chi connectivity index (χ0n) is 19.1. The van der Waals surface area contributed by atoms with Crippen molar-refractivity contribution in [3.8, 4) is 5.75 Å². The molecule has 0 aliphatic carbocycles. The summed E-state index contributed by atoms with van der Waals surface area (Å²) < 4.78 is 12.2. The SMILES string of the molecule is COc1ccc(N2C(=O)C(O[Si](C(C)C)(C(C)C)C(C)C)C2c2ccccn2)cc1. The Labute approximate surface area is 181 Å². The first kappa shape index (κ1) is 22.5. The van der Waals surface area contributed by atoms with Crippen molar-refractivity contribution in [3.05, 3.63) is 54.4 Å². The molecule has 1 aromatic carbocycles. The number of ether oxygens (including phenoxy) is 1. The lowest BCUT2D eigenvalue weighted by atomic mass is 9.93. The smallest absolute Gasteiger partial charge is 0.258 e. The van der Waals surface area contributed by atoms with E-state index in [1.54, 1.807) is 13.3 Å². The van der Waals surface area contributed by atoms with E-state index in [0.717, 1.165) is 17.1 Å². The molecule has 2 aromatic rings. The van der Waals surface area contributed by atoms with Crippen LogP contribution >= 0.6 is 0 Å². The summed E-state index contributed by atoms with van der Waals surface area (Å²) in [6.07, 6.45) is 1.28. The highest BCUT2D eigenvalue weighted by Crippen LogP contribution is 2.48. The molecule has 3 rings (SSSR count). The van der Waals surface area contributed by atoms with Crippen LogP contribution in [0, 0.1) is 0 Å². The van der Waals surface area contributed by atoms with Crippen LogP contribution in [0.4, 0.5) is 5.69 Å². The molecule has 2 unspecified atom stereocenters. The zero-order valence-corrected chi connectivity index (χ0v) is 20.1. The van der Waals surface area contributed by atoms with Gasteiger partial charge in [0.15, 0.2) is 6.10 Å². The normalized spacial score (nSPS) is 19.5. The molecule has 0 bridgehead atoms. The minimum atomic E-state index is -2.22. The molecule has 2 atom stereocenters. The number of amides is 1. The van der Waals surface area contributed by atoms with E-state index in [2.05, 4.69) is 46.5 Å². The van der Waals surface area contributed by atoms with Crippen LogP contribution in [0.15, 0.2) is 48.7 Å². The van der Waals surface area contributed by atoms with Crippen LogP contribution in [0.3, 0.4) is 0 Å². The molecule has 1 aromatic heterocycles. The molecule has 1 saturated heterocycles. The second-order valence-electron chi connectivity index (χ2n) is 8.96. The van der Waals surface area contributed by atoms with Gasteiger partial charge in [-0.3, -0.25) is 14.7 Å². The first-order valence-electron chi connectivity index (χ1n) is 10.8. The van der Waals surface area contributed by atoms with Crippen LogP contribution in [0.5, 0.6) is 5.75 Å². The molecule has 2 heterocycles. The molecule has 1 fully saturated rings. The van der Waals surface area contributed by atoms with Crippen LogP contribution in [0.1, 0.15) is 53.3 Å². The molecule has 5 nitrogen and oxygen atoms in total. The number of carbonyl (C=O) groups is 1. The van der Waals surface area contributed by atoms with E-state index in [-0.39, 0.29) is 11.9 Å². The van der Waals surface area contributed by atoms with Crippen molar-refractivity contribution in [3.63, 3.8) is 0 Å². The second kappa shape index (κ2) is 8.90. The van der Waals surface area contributed by atoms with Gasteiger partial charge in [0.2, 0.25) is 8.32 Å². The lowest BCUT2D eigenvalue weighted by Gasteiger charge is -2.52. The van der Waals surface area contributed by atoms with E-state index < -0.39 is 14.4 Å². The van der Waals surface area contributed by atoms with E-state index in [1.807, 2.05) is 47.4 Å². The van der Waals surface area contributed by atoms with E-state index in [0.29, 0.717) is 16.6 Å². The number of methoxy groups -OCH3 is 1. The molecule has 1 aliphatic rings. The first-order valence-corrected chi connectivity index (χ1v) is 12.9. The minimum Gasteiger partial charge on any atom is -0.497 e. The Hall–Kier alpha value is -2.18. The van der Waals surface area contributed by atoms with Crippen LogP contribution < -0.4 is 9.64 Å². The Balaban J connectivity index is 2.00. The quantitative estimate of drug-likeness (QED) is 0.399. The zero-order chi connectivity index (χ0) is 22.1. The fraction of sp³-hybridized carbons (Fsp3) is 0.500. The largest absolute Gasteiger partial charge is 0.497 e. The number of benzene rings is 1. The molecule has 0 saturated carbocycles.